The fourth-order valence-corrected chi connectivity index (χ4v) is 4.46. The molecule has 41 heavy (non-hydrogen) atoms. The number of oxime groups is 1. The third kappa shape index (κ3) is 6.64. The average Bonchev–Trinajstić information content (AvgIpc) is 2.92. The van der Waals surface area contributed by atoms with E-state index in [2.05, 4.69) is 29.1 Å². The van der Waals surface area contributed by atoms with E-state index < -0.39 is 41.7 Å². The number of terminal acetylenes is 2. The molecule has 1 aromatic heterocycles. The smallest absolute Gasteiger partial charge is 0.431 e. The molecular formula is C29H32N2O10. The molecule has 0 bridgehead atoms. The van der Waals surface area contributed by atoms with Crippen molar-refractivity contribution < 1.29 is 43.3 Å². The molecule has 1 aliphatic rings. The average molecular weight is 569 g/mol. The summed E-state index contributed by atoms with van der Waals surface area (Å²) in [7, 11) is 0. The second-order valence-corrected chi connectivity index (χ2v) is 9.49. The molecule has 12 heteroatoms. The van der Waals surface area contributed by atoms with E-state index in [1.807, 2.05) is 0 Å². The fraction of sp³-hybridized carbons (Fsp3) is 0.414. The van der Waals surface area contributed by atoms with Gasteiger partial charge in [0.05, 0.1) is 16.7 Å². The summed E-state index contributed by atoms with van der Waals surface area (Å²) < 4.78 is 23.2. The number of carbonyl (C=O) groups is 1. The largest absolute Gasteiger partial charge is 0.506 e. The van der Waals surface area contributed by atoms with Crippen LogP contribution in [0, 0.1) is 37.5 Å². The molecule has 2 heterocycles. The van der Waals surface area contributed by atoms with Crippen molar-refractivity contribution in [1.29, 1.82) is 0 Å². The number of nitrogens with zero attached hydrogens (tertiary/aromatic N) is 1. The third-order valence-corrected chi connectivity index (χ3v) is 6.76. The van der Waals surface area contributed by atoms with Crippen molar-refractivity contribution in [2.24, 2.45) is 11.1 Å². The molecule has 0 saturated carbocycles. The summed E-state index contributed by atoms with van der Waals surface area (Å²) in [4.78, 5) is 34.8. The van der Waals surface area contributed by atoms with Crippen molar-refractivity contribution in [1.82, 2.24) is 5.48 Å². The van der Waals surface area contributed by atoms with Crippen molar-refractivity contribution in [2.45, 2.75) is 58.2 Å². The first kappa shape index (κ1) is 31.0. The second-order valence-electron chi connectivity index (χ2n) is 9.49. The van der Waals surface area contributed by atoms with Gasteiger partial charge in [0, 0.05) is 11.5 Å². The minimum absolute atomic E-state index is 0.0384. The van der Waals surface area contributed by atoms with Gasteiger partial charge in [-0.3, -0.25) is 4.84 Å². The van der Waals surface area contributed by atoms with E-state index in [4.69, 9.17) is 41.1 Å². The van der Waals surface area contributed by atoms with Crippen molar-refractivity contribution in [3.63, 3.8) is 0 Å². The summed E-state index contributed by atoms with van der Waals surface area (Å²) in [5.74, 6) is 3.74. The van der Waals surface area contributed by atoms with Crippen LogP contribution in [0.5, 0.6) is 11.5 Å². The molecule has 0 radical (unpaired) electrons. The molecule has 12 nitrogen and oxygen atoms in total. The lowest BCUT2D eigenvalue weighted by Gasteiger charge is -2.48. The van der Waals surface area contributed by atoms with Gasteiger partial charge in [-0.25, -0.2) is 9.59 Å². The van der Waals surface area contributed by atoms with Crippen molar-refractivity contribution in [3.8, 4) is 36.2 Å². The maximum atomic E-state index is 12.8. The summed E-state index contributed by atoms with van der Waals surface area (Å²) in [6, 6.07) is 2.98. The summed E-state index contributed by atoms with van der Waals surface area (Å²) >= 11 is 0. The highest BCUT2D eigenvalue weighted by Crippen LogP contribution is 2.41. The molecule has 3 N–H and O–H groups in total. The molecule has 1 aromatic carbocycles. The molecule has 5 atom stereocenters. The zero-order valence-electron chi connectivity index (χ0n) is 23.1. The Morgan fingerprint density at radius 1 is 1.32 bits per heavy atom. The van der Waals surface area contributed by atoms with Crippen LogP contribution in [0.25, 0.3) is 11.0 Å². The number of fused-ring (bicyclic) bond motifs is 1. The number of carbonyl (C=O) groups excluding carboxylic acids is 1. The number of aryl methyl sites for hydroxylation is 1. The van der Waals surface area contributed by atoms with E-state index in [0.717, 1.165) is 0 Å². The molecule has 0 spiro atoms. The normalized spacial score (nSPS) is 24.1. The first-order chi connectivity index (χ1) is 19.5. The number of aliphatic hydroxyl groups excluding tert-OH is 1. The molecule has 1 aliphatic heterocycles. The molecule has 1 saturated heterocycles. The zero-order valence-corrected chi connectivity index (χ0v) is 23.1. The fourth-order valence-electron chi connectivity index (χ4n) is 4.46. The Labute approximate surface area is 236 Å². The van der Waals surface area contributed by atoms with E-state index in [9.17, 15) is 19.8 Å². The molecule has 1 fully saturated rings. The molecular weight excluding hydrogens is 536 g/mol. The maximum absolute atomic E-state index is 12.8. The minimum Gasteiger partial charge on any atom is -0.506 e. The lowest BCUT2D eigenvalue weighted by atomic mass is 9.79. The first-order valence-electron chi connectivity index (χ1n) is 12.5. The van der Waals surface area contributed by atoms with Crippen LogP contribution in [0.15, 0.2) is 39.2 Å². The van der Waals surface area contributed by atoms with Gasteiger partial charge in [-0.15, -0.1) is 19.4 Å². The summed E-state index contributed by atoms with van der Waals surface area (Å²) in [5.41, 5.74) is 0.480. The Morgan fingerprint density at radius 3 is 2.68 bits per heavy atom. The standard InChI is InChI=1S/C29H32N2O10/c1-8-13-29(7)17(5)25(40-28(35)31-37-15-10-3)23(33)27(41-29)38-20-12-11-19-22(32)21(18(6)30-36-14-9-2)26(34)39-24(19)16(20)4/h2-3,8,11-12,17,23,25,27,32-33H,1,13-15H2,4-7H3,(H,31,35)/b30-18+/t17-,23-,25-,27?,29+/m1/s1. The number of hydroxylamine groups is 1. The summed E-state index contributed by atoms with van der Waals surface area (Å²) in [6.07, 6.45) is 7.40. The number of rotatable bonds is 10. The molecule has 1 unspecified atom stereocenters. The number of aromatic hydroxyl groups is 1. The van der Waals surface area contributed by atoms with Gasteiger partial charge in [0.25, 0.3) is 0 Å². The number of aliphatic hydroxyl groups is 1. The molecule has 218 valence electrons. The predicted octanol–water partition coefficient (Wildman–Crippen LogP) is 2.91. The Balaban J connectivity index is 1.96. The van der Waals surface area contributed by atoms with Gasteiger partial charge in [0.1, 0.15) is 35.4 Å². The van der Waals surface area contributed by atoms with Crippen LogP contribution in [0.2, 0.25) is 0 Å². The Hall–Kier alpha value is -4.49. The van der Waals surface area contributed by atoms with Gasteiger partial charge in [0.15, 0.2) is 12.7 Å². The SMILES string of the molecule is C#CCO/N=C(\C)c1c(O)c2ccc(OC3O[C@@](C)(CC=C)[C@H](C)[C@@H](OC(=O)NOCC#C)[C@H]3O)c(C)c2oc1=O. The number of nitrogens with one attached hydrogen (secondary N) is 1. The Kier molecular flexibility index (Phi) is 10.0. The number of hydrogen-bond acceptors (Lipinski definition) is 11. The number of ether oxygens (including phenoxy) is 3. The van der Waals surface area contributed by atoms with E-state index in [0.29, 0.717) is 12.0 Å². The van der Waals surface area contributed by atoms with Crippen LogP contribution in [-0.2, 0) is 19.1 Å². The van der Waals surface area contributed by atoms with E-state index in [1.165, 1.54) is 19.1 Å². The third-order valence-electron chi connectivity index (χ3n) is 6.76. The van der Waals surface area contributed by atoms with Gasteiger partial charge in [-0.05, 0) is 39.3 Å². The van der Waals surface area contributed by atoms with Crippen LogP contribution >= 0.6 is 0 Å². The van der Waals surface area contributed by atoms with Crippen molar-refractivity contribution >= 4 is 22.8 Å². The van der Waals surface area contributed by atoms with E-state index in [-0.39, 0.29) is 47.0 Å². The van der Waals surface area contributed by atoms with Gasteiger partial charge in [-0.2, -0.15) is 5.48 Å². The van der Waals surface area contributed by atoms with Crippen molar-refractivity contribution in [3.05, 3.63) is 46.3 Å². The lowest BCUT2D eigenvalue weighted by Crippen LogP contribution is -2.62. The highest BCUT2D eigenvalue weighted by Gasteiger charge is 2.52. The van der Waals surface area contributed by atoms with E-state index >= 15 is 0 Å². The first-order valence-corrected chi connectivity index (χ1v) is 12.5. The molecule has 2 aromatic rings. The van der Waals surface area contributed by atoms with Crippen LogP contribution in [0.4, 0.5) is 4.79 Å². The number of hydrogen-bond donors (Lipinski definition) is 3. The number of benzene rings is 1. The summed E-state index contributed by atoms with van der Waals surface area (Å²) in [6.45, 7) is 10.1. The molecule has 0 aliphatic carbocycles. The Morgan fingerprint density at radius 2 is 2.02 bits per heavy atom. The highest BCUT2D eigenvalue weighted by atomic mass is 16.7. The van der Waals surface area contributed by atoms with Gasteiger partial charge < -0.3 is 33.7 Å². The van der Waals surface area contributed by atoms with Crippen LogP contribution < -0.4 is 15.8 Å². The molecule has 3 rings (SSSR count). The lowest BCUT2D eigenvalue weighted by molar-refractivity contribution is -0.289. The van der Waals surface area contributed by atoms with Crippen LogP contribution in [0.3, 0.4) is 0 Å². The number of amides is 1. The van der Waals surface area contributed by atoms with Crippen LogP contribution in [0.1, 0.15) is 38.3 Å². The van der Waals surface area contributed by atoms with Crippen LogP contribution in [-0.4, -0.2) is 59.3 Å². The summed E-state index contributed by atoms with van der Waals surface area (Å²) in [5, 5.41) is 26.0. The second kappa shape index (κ2) is 13.2. The predicted molar refractivity (Wildman–Crippen MR) is 148 cm³/mol. The van der Waals surface area contributed by atoms with Gasteiger partial charge >= 0.3 is 11.7 Å². The maximum Gasteiger partial charge on any atom is 0.431 e. The minimum atomic E-state index is -1.44. The zero-order chi connectivity index (χ0) is 30.3. The monoisotopic (exact) mass is 568 g/mol. The van der Waals surface area contributed by atoms with E-state index in [1.54, 1.807) is 26.8 Å². The topological polar surface area (TPSA) is 158 Å². The molecule has 1 amide bonds. The highest BCUT2D eigenvalue weighted by molar-refractivity contribution is 6.04. The van der Waals surface area contributed by atoms with Gasteiger partial charge in [-0.1, -0.05) is 30.0 Å². The quantitative estimate of drug-likeness (QED) is 0.0972. The van der Waals surface area contributed by atoms with Crippen molar-refractivity contribution in [2.75, 3.05) is 13.2 Å². The van der Waals surface area contributed by atoms with Gasteiger partial charge in [0.2, 0.25) is 6.29 Å². The Bertz CT molecular complexity index is 1470.